The molecule has 0 spiro atoms. The number of piperidine rings is 1. The number of anilines is 1. The fourth-order valence-electron chi connectivity index (χ4n) is 3.27. The first-order valence-corrected chi connectivity index (χ1v) is 10.3. The van der Waals surface area contributed by atoms with Crippen LogP contribution in [-0.4, -0.2) is 50.2 Å². The van der Waals surface area contributed by atoms with Crippen molar-refractivity contribution in [3.63, 3.8) is 0 Å². The molecule has 2 N–H and O–H groups in total. The summed E-state index contributed by atoms with van der Waals surface area (Å²) in [4.78, 5) is 26.3. The van der Waals surface area contributed by atoms with E-state index in [1.807, 2.05) is 18.2 Å². The lowest BCUT2D eigenvalue weighted by molar-refractivity contribution is -0.123. The number of carbonyl (C=O) groups is 2. The molecule has 3 amide bonds. The molecule has 7 nitrogen and oxygen atoms in total. The maximum atomic E-state index is 12.5. The van der Waals surface area contributed by atoms with Crippen LogP contribution in [0.4, 0.5) is 10.5 Å². The Bertz CT molecular complexity index is 852. The second-order valence-corrected chi connectivity index (χ2v) is 7.54. The number of rotatable bonds is 7. The second kappa shape index (κ2) is 10.7. The fraction of sp³-hybridized carbons (Fsp3) is 0.364. The molecule has 0 atom stereocenters. The van der Waals surface area contributed by atoms with Crippen LogP contribution in [0.5, 0.6) is 11.5 Å². The number of methoxy groups -OCH3 is 1. The average molecular weight is 432 g/mol. The molecule has 0 saturated carbocycles. The summed E-state index contributed by atoms with van der Waals surface area (Å²) in [5, 5.41) is 6.43. The molecule has 3 rings (SSSR count). The number of urea groups is 1. The number of para-hydroxylation sites is 2. The van der Waals surface area contributed by atoms with E-state index in [0.717, 1.165) is 12.8 Å². The van der Waals surface area contributed by atoms with Gasteiger partial charge in [0.05, 0.1) is 12.8 Å². The second-order valence-electron chi connectivity index (χ2n) is 7.11. The highest BCUT2D eigenvalue weighted by Gasteiger charge is 2.23. The predicted molar refractivity (Wildman–Crippen MR) is 116 cm³/mol. The molecule has 1 heterocycles. The third-order valence-corrected chi connectivity index (χ3v) is 5.27. The molecule has 1 fully saturated rings. The van der Waals surface area contributed by atoms with E-state index in [2.05, 4.69) is 10.6 Å². The van der Waals surface area contributed by atoms with E-state index >= 15 is 0 Å². The summed E-state index contributed by atoms with van der Waals surface area (Å²) in [5.41, 5.74) is 0.653. The number of ether oxygens (including phenoxy) is 2. The first kappa shape index (κ1) is 21.8. The zero-order valence-electron chi connectivity index (χ0n) is 16.9. The van der Waals surface area contributed by atoms with E-state index in [0.29, 0.717) is 47.8 Å². The molecule has 0 radical (unpaired) electrons. The number of amides is 3. The van der Waals surface area contributed by atoms with Gasteiger partial charge in [-0.15, -0.1) is 0 Å². The molecule has 1 saturated heterocycles. The van der Waals surface area contributed by atoms with E-state index in [4.69, 9.17) is 21.1 Å². The molecular formula is C22H26ClN3O4. The van der Waals surface area contributed by atoms with E-state index in [-0.39, 0.29) is 18.5 Å². The molecule has 2 aromatic carbocycles. The van der Waals surface area contributed by atoms with Gasteiger partial charge < -0.3 is 25.0 Å². The first-order valence-electron chi connectivity index (χ1n) is 9.89. The highest BCUT2D eigenvalue weighted by Crippen LogP contribution is 2.24. The van der Waals surface area contributed by atoms with Gasteiger partial charge in [0.1, 0.15) is 11.5 Å². The molecule has 0 aromatic heterocycles. The van der Waals surface area contributed by atoms with Crippen LogP contribution in [0.2, 0.25) is 5.02 Å². The van der Waals surface area contributed by atoms with Gasteiger partial charge in [0.25, 0.3) is 5.91 Å². The number of likely N-dealkylation sites (tertiary alicyclic amines) is 1. The smallest absolute Gasteiger partial charge is 0.321 e. The summed E-state index contributed by atoms with van der Waals surface area (Å²) in [6.45, 7) is 1.82. The largest absolute Gasteiger partial charge is 0.495 e. The number of carbonyl (C=O) groups excluding carboxylic acids is 2. The van der Waals surface area contributed by atoms with Gasteiger partial charge in [0.2, 0.25) is 0 Å². The zero-order chi connectivity index (χ0) is 21.3. The van der Waals surface area contributed by atoms with Crippen LogP contribution in [0.3, 0.4) is 0 Å². The molecule has 30 heavy (non-hydrogen) atoms. The zero-order valence-corrected chi connectivity index (χ0v) is 17.7. The topological polar surface area (TPSA) is 79.9 Å². The quantitative estimate of drug-likeness (QED) is 0.699. The van der Waals surface area contributed by atoms with E-state index in [9.17, 15) is 9.59 Å². The molecule has 1 aliphatic heterocycles. The Labute approximate surface area is 181 Å². The molecule has 160 valence electrons. The number of nitrogens with one attached hydrogen (secondary N) is 2. The number of hydrogen-bond donors (Lipinski definition) is 2. The monoisotopic (exact) mass is 431 g/mol. The molecule has 0 bridgehead atoms. The minimum Gasteiger partial charge on any atom is -0.495 e. The Balaban J connectivity index is 1.36. The lowest BCUT2D eigenvalue weighted by Gasteiger charge is -2.32. The SMILES string of the molecule is COc1ccccc1NC(=O)N1CCC(CNC(=O)COc2ccc(Cl)cc2)CC1. The highest BCUT2D eigenvalue weighted by atomic mass is 35.5. The van der Waals surface area contributed by atoms with Crippen molar-refractivity contribution in [1.29, 1.82) is 0 Å². The molecule has 0 unspecified atom stereocenters. The molecule has 0 aliphatic carbocycles. The van der Waals surface area contributed by atoms with Gasteiger partial charge in [-0.2, -0.15) is 0 Å². The lowest BCUT2D eigenvalue weighted by Crippen LogP contribution is -2.43. The molecular weight excluding hydrogens is 406 g/mol. The third kappa shape index (κ3) is 6.29. The van der Waals surface area contributed by atoms with Crippen LogP contribution in [-0.2, 0) is 4.79 Å². The van der Waals surface area contributed by atoms with Crippen LogP contribution >= 0.6 is 11.6 Å². The van der Waals surface area contributed by atoms with Crippen LogP contribution in [0.25, 0.3) is 0 Å². The Morgan fingerprint density at radius 1 is 1.10 bits per heavy atom. The summed E-state index contributed by atoms with van der Waals surface area (Å²) >= 11 is 5.83. The van der Waals surface area contributed by atoms with Gasteiger partial charge in [0.15, 0.2) is 6.61 Å². The summed E-state index contributed by atoms with van der Waals surface area (Å²) in [6, 6.07) is 14.1. The Kier molecular flexibility index (Phi) is 7.79. The van der Waals surface area contributed by atoms with Gasteiger partial charge in [-0.25, -0.2) is 4.79 Å². The number of hydrogen-bond acceptors (Lipinski definition) is 4. The van der Waals surface area contributed by atoms with Crippen LogP contribution in [0.1, 0.15) is 12.8 Å². The van der Waals surface area contributed by atoms with Crippen molar-refractivity contribution in [2.24, 2.45) is 5.92 Å². The summed E-state index contributed by atoms with van der Waals surface area (Å²) in [7, 11) is 1.57. The van der Waals surface area contributed by atoms with Gasteiger partial charge >= 0.3 is 6.03 Å². The third-order valence-electron chi connectivity index (χ3n) is 5.02. The minimum absolute atomic E-state index is 0.0399. The average Bonchev–Trinajstić information content (AvgIpc) is 2.78. The maximum Gasteiger partial charge on any atom is 0.321 e. The highest BCUT2D eigenvalue weighted by molar-refractivity contribution is 6.30. The van der Waals surface area contributed by atoms with E-state index < -0.39 is 0 Å². The predicted octanol–water partition coefficient (Wildman–Crippen LogP) is 3.79. The van der Waals surface area contributed by atoms with Crippen molar-refractivity contribution in [1.82, 2.24) is 10.2 Å². The van der Waals surface area contributed by atoms with Gasteiger partial charge in [-0.3, -0.25) is 4.79 Å². The Morgan fingerprint density at radius 3 is 2.50 bits per heavy atom. The van der Waals surface area contributed by atoms with Crippen molar-refractivity contribution in [2.45, 2.75) is 12.8 Å². The van der Waals surface area contributed by atoms with Crippen LogP contribution in [0, 0.1) is 5.92 Å². The fourth-order valence-corrected chi connectivity index (χ4v) is 3.40. The van der Waals surface area contributed by atoms with Crippen molar-refractivity contribution in [3.05, 3.63) is 53.6 Å². The van der Waals surface area contributed by atoms with E-state index in [1.54, 1.807) is 42.3 Å². The minimum atomic E-state index is -0.165. The number of halogens is 1. The van der Waals surface area contributed by atoms with Crippen molar-refractivity contribution < 1.29 is 19.1 Å². The van der Waals surface area contributed by atoms with Crippen molar-refractivity contribution >= 4 is 29.2 Å². The van der Waals surface area contributed by atoms with Crippen molar-refractivity contribution in [2.75, 3.05) is 38.7 Å². The van der Waals surface area contributed by atoms with Crippen molar-refractivity contribution in [3.8, 4) is 11.5 Å². The number of benzene rings is 2. The summed E-state index contributed by atoms with van der Waals surface area (Å²) < 4.78 is 10.7. The van der Waals surface area contributed by atoms with Crippen LogP contribution in [0.15, 0.2) is 48.5 Å². The van der Waals surface area contributed by atoms with E-state index in [1.165, 1.54) is 0 Å². The standard InChI is InChI=1S/C22H26ClN3O4/c1-29-20-5-3-2-4-19(20)25-22(28)26-12-10-16(11-13-26)14-24-21(27)15-30-18-8-6-17(23)7-9-18/h2-9,16H,10-15H2,1H3,(H,24,27)(H,25,28). The first-order chi connectivity index (χ1) is 14.5. The number of nitrogens with zero attached hydrogens (tertiary/aromatic N) is 1. The normalized spacial score (nSPS) is 14.1. The molecule has 8 heteroatoms. The summed E-state index contributed by atoms with van der Waals surface area (Å²) in [6.07, 6.45) is 1.66. The Hall–Kier alpha value is -2.93. The summed E-state index contributed by atoms with van der Waals surface area (Å²) in [5.74, 6) is 1.40. The lowest BCUT2D eigenvalue weighted by atomic mass is 9.97. The van der Waals surface area contributed by atoms with Gasteiger partial charge in [-0.1, -0.05) is 23.7 Å². The van der Waals surface area contributed by atoms with Gasteiger partial charge in [-0.05, 0) is 55.2 Å². The van der Waals surface area contributed by atoms with Gasteiger partial charge in [0, 0.05) is 24.7 Å². The molecule has 1 aliphatic rings. The Morgan fingerprint density at radius 2 is 1.80 bits per heavy atom. The molecule has 2 aromatic rings. The maximum absolute atomic E-state index is 12.5. The van der Waals surface area contributed by atoms with Crippen LogP contribution < -0.4 is 20.1 Å².